The van der Waals surface area contributed by atoms with Crippen LogP contribution < -0.4 is 24.4 Å². The minimum atomic E-state index is -0.512. The molecule has 2 heterocycles. The third kappa shape index (κ3) is 5.40. The second-order valence-corrected chi connectivity index (χ2v) is 12.6. The molecule has 1 unspecified atom stereocenters. The fourth-order valence-electron chi connectivity index (χ4n) is 5.98. The summed E-state index contributed by atoms with van der Waals surface area (Å²) < 4.78 is 14.6. The van der Waals surface area contributed by atoms with E-state index >= 15 is 0 Å². The number of nitrogens with zero attached hydrogens (tertiary/aromatic N) is 3. The molecule has 1 atom stereocenters. The van der Waals surface area contributed by atoms with Crippen LogP contribution in [-0.2, 0) is 13.0 Å². The van der Waals surface area contributed by atoms with Crippen molar-refractivity contribution in [2.24, 2.45) is 4.99 Å². The van der Waals surface area contributed by atoms with Gasteiger partial charge in [-0.25, -0.2) is 4.99 Å². The molecule has 5 aromatic rings. The fourth-order valence-corrected chi connectivity index (χ4v) is 7.55. The summed E-state index contributed by atoms with van der Waals surface area (Å²) in [4.78, 5) is 31.0. The highest BCUT2D eigenvalue weighted by molar-refractivity contribution is 9.10. The number of benzene rings is 4. The van der Waals surface area contributed by atoms with Crippen molar-refractivity contribution < 1.29 is 14.4 Å². The number of fused-ring (bicyclic) bond motifs is 3. The number of rotatable bonds is 7. The third-order valence-corrected chi connectivity index (χ3v) is 9.62. The van der Waals surface area contributed by atoms with Crippen molar-refractivity contribution in [1.29, 1.82) is 0 Å². The number of ether oxygens (including phenoxy) is 2. The second kappa shape index (κ2) is 11.9. The first kappa shape index (κ1) is 28.9. The van der Waals surface area contributed by atoms with E-state index in [1.54, 1.807) is 23.8 Å². The number of hydrogen-bond acceptors (Lipinski definition) is 7. The molecule has 0 amide bonds. The van der Waals surface area contributed by atoms with Crippen molar-refractivity contribution in [2.75, 3.05) is 7.11 Å². The Labute approximate surface area is 270 Å². The van der Waals surface area contributed by atoms with E-state index in [4.69, 9.17) is 14.5 Å². The lowest BCUT2D eigenvalue weighted by Crippen LogP contribution is -2.38. The molecule has 0 N–H and O–H groups in total. The maximum Gasteiger partial charge on any atom is 0.271 e. The Morgan fingerprint density at radius 3 is 2.64 bits per heavy atom. The molecule has 0 bridgehead atoms. The minimum absolute atomic E-state index is 0.0171. The normalized spacial score (nSPS) is 15.5. The predicted molar refractivity (Wildman–Crippen MR) is 177 cm³/mol. The van der Waals surface area contributed by atoms with E-state index in [1.165, 1.54) is 23.0 Å². The molecule has 10 heteroatoms. The number of nitro benzene ring substituents is 1. The third-order valence-electron chi connectivity index (χ3n) is 8.05. The Balaban J connectivity index is 1.35. The summed E-state index contributed by atoms with van der Waals surface area (Å²) in [5.74, 6) is 1.10. The smallest absolute Gasteiger partial charge is 0.271 e. The molecule has 224 valence electrons. The topological polar surface area (TPSA) is 96.0 Å². The van der Waals surface area contributed by atoms with Crippen LogP contribution in [0.4, 0.5) is 5.69 Å². The number of hydrogen-bond donors (Lipinski definition) is 0. The van der Waals surface area contributed by atoms with Gasteiger partial charge in [0.2, 0.25) is 0 Å². The van der Waals surface area contributed by atoms with Gasteiger partial charge in [-0.2, -0.15) is 0 Å². The van der Waals surface area contributed by atoms with Crippen molar-refractivity contribution in [3.8, 4) is 11.5 Å². The summed E-state index contributed by atoms with van der Waals surface area (Å²) in [7, 11) is 1.58. The molecule has 0 radical (unpaired) electrons. The molecule has 8 nitrogen and oxygen atoms in total. The number of thiazole rings is 1. The van der Waals surface area contributed by atoms with Gasteiger partial charge in [0, 0.05) is 17.7 Å². The van der Waals surface area contributed by atoms with Crippen molar-refractivity contribution in [3.05, 3.63) is 159 Å². The van der Waals surface area contributed by atoms with E-state index in [1.807, 2.05) is 66.7 Å². The van der Waals surface area contributed by atoms with Crippen LogP contribution in [0.1, 0.15) is 40.3 Å². The average Bonchev–Trinajstić information content (AvgIpc) is 3.37. The van der Waals surface area contributed by atoms with Gasteiger partial charge in [0.1, 0.15) is 6.61 Å². The molecule has 1 aliphatic heterocycles. The Kier molecular flexibility index (Phi) is 7.68. The van der Waals surface area contributed by atoms with Crippen LogP contribution in [0, 0.1) is 10.1 Å². The van der Waals surface area contributed by atoms with Crippen LogP contribution in [-0.4, -0.2) is 16.6 Å². The molecule has 1 aliphatic carbocycles. The maximum atomic E-state index is 14.2. The quantitative estimate of drug-likeness (QED) is 0.143. The highest BCUT2D eigenvalue weighted by atomic mass is 79.9. The Bertz CT molecular complexity index is 2190. The molecule has 1 aromatic heterocycles. The van der Waals surface area contributed by atoms with Gasteiger partial charge in [0.25, 0.3) is 11.2 Å². The van der Waals surface area contributed by atoms with Crippen molar-refractivity contribution >= 4 is 44.7 Å². The standard InChI is InChI=1S/C35H26BrN3O5S/c1-43-29-17-22(16-28(36)33(29)44-20-21-8-3-2-4-9-21)18-30-34(40)38-32(24-11-7-12-25(19-24)39(41)42)27-15-14-23-10-5-6-13-26(23)31(27)37-35(38)45-30/h2-13,16-19,32H,14-15,20H2,1H3. The van der Waals surface area contributed by atoms with E-state index in [-0.39, 0.29) is 11.2 Å². The van der Waals surface area contributed by atoms with Gasteiger partial charge >= 0.3 is 0 Å². The van der Waals surface area contributed by atoms with E-state index in [2.05, 4.69) is 28.1 Å². The van der Waals surface area contributed by atoms with E-state index in [9.17, 15) is 14.9 Å². The van der Waals surface area contributed by atoms with Crippen LogP contribution in [0.2, 0.25) is 0 Å². The first-order chi connectivity index (χ1) is 21.9. The molecule has 0 saturated carbocycles. The fraction of sp³-hybridized carbons (Fsp3) is 0.143. The van der Waals surface area contributed by atoms with Crippen LogP contribution in [0.5, 0.6) is 11.5 Å². The number of aromatic nitrogens is 1. The Morgan fingerprint density at radius 2 is 1.84 bits per heavy atom. The first-order valence-electron chi connectivity index (χ1n) is 14.3. The van der Waals surface area contributed by atoms with Crippen molar-refractivity contribution in [1.82, 2.24) is 4.57 Å². The zero-order valence-electron chi connectivity index (χ0n) is 24.1. The molecular weight excluding hydrogens is 654 g/mol. The van der Waals surface area contributed by atoms with Crippen LogP contribution in [0.3, 0.4) is 0 Å². The highest BCUT2D eigenvalue weighted by Crippen LogP contribution is 2.42. The SMILES string of the molecule is COc1cc(C=c2sc3n(c2=O)C(c2cccc([N+](=O)[O-])c2)C2=C(N=3)c3ccccc3CC2)cc(Br)c1OCc1ccccc1. The zero-order chi connectivity index (χ0) is 31.1. The van der Waals surface area contributed by atoms with Gasteiger partial charge in [-0.1, -0.05) is 78.1 Å². The number of halogens is 1. The lowest BCUT2D eigenvalue weighted by Gasteiger charge is -2.30. The number of methoxy groups -OCH3 is 1. The first-order valence-corrected chi connectivity index (χ1v) is 15.9. The van der Waals surface area contributed by atoms with Gasteiger partial charge in [0.15, 0.2) is 16.3 Å². The second-order valence-electron chi connectivity index (χ2n) is 10.8. The van der Waals surface area contributed by atoms with Gasteiger partial charge < -0.3 is 9.47 Å². The van der Waals surface area contributed by atoms with Crippen LogP contribution >= 0.6 is 27.3 Å². The van der Waals surface area contributed by atoms with E-state index in [0.717, 1.165) is 34.4 Å². The largest absolute Gasteiger partial charge is 0.493 e. The van der Waals surface area contributed by atoms with E-state index in [0.29, 0.717) is 43.9 Å². The average molecular weight is 681 g/mol. The molecule has 0 fully saturated rings. The van der Waals surface area contributed by atoms with Gasteiger partial charge in [-0.05, 0) is 74.8 Å². The summed E-state index contributed by atoms with van der Waals surface area (Å²) in [5.41, 5.74) is 6.29. The molecular formula is C35H26BrN3O5S. The zero-order valence-corrected chi connectivity index (χ0v) is 26.5. The summed E-state index contributed by atoms with van der Waals surface area (Å²) >= 11 is 4.93. The molecule has 45 heavy (non-hydrogen) atoms. The summed E-state index contributed by atoms with van der Waals surface area (Å²) in [5, 5.41) is 11.7. The van der Waals surface area contributed by atoms with Crippen LogP contribution in [0.15, 0.2) is 111 Å². The minimum Gasteiger partial charge on any atom is -0.493 e. The molecule has 7 rings (SSSR count). The number of nitro groups is 1. The van der Waals surface area contributed by atoms with Crippen LogP contribution in [0.25, 0.3) is 11.8 Å². The van der Waals surface area contributed by atoms with Gasteiger partial charge in [0.05, 0.1) is 32.8 Å². The van der Waals surface area contributed by atoms with Crippen molar-refractivity contribution in [2.45, 2.75) is 25.5 Å². The van der Waals surface area contributed by atoms with Crippen molar-refractivity contribution in [3.63, 3.8) is 0 Å². The van der Waals surface area contributed by atoms with Gasteiger partial charge in [-0.15, -0.1) is 0 Å². The monoisotopic (exact) mass is 679 g/mol. The highest BCUT2D eigenvalue weighted by Gasteiger charge is 2.33. The molecule has 2 aliphatic rings. The number of aryl methyl sites for hydroxylation is 1. The lowest BCUT2D eigenvalue weighted by atomic mass is 9.83. The summed E-state index contributed by atoms with van der Waals surface area (Å²) in [6, 6.07) is 27.8. The lowest BCUT2D eigenvalue weighted by molar-refractivity contribution is -0.384. The molecule has 0 spiro atoms. The Hall–Kier alpha value is -4.80. The molecule has 4 aromatic carbocycles. The number of non-ortho nitro benzene ring substituents is 1. The summed E-state index contributed by atoms with van der Waals surface area (Å²) in [6.45, 7) is 0.374. The summed E-state index contributed by atoms with van der Waals surface area (Å²) in [6.07, 6.45) is 3.31. The van der Waals surface area contributed by atoms with E-state index < -0.39 is 11.0 Å². The predicted octanol–water partition coefficient (Wildman–Crippen LogP) is 6.58. The molecule has 0 saturated heterocycles. The maximum absolute atomic E-state index is 14.2. The number of allylic oxidation sites excluding steroid dienone is 1. The van der Waals surface area contributed by atoms with Gasteiger partial charge in [-0.3, -0.25) is 19.5 Å². The Morgan fingerprint density at radius 1 is 1.04 bits per heavy atom.